The smallest absolute Gasteiger partial charge is 0.219 e. The van der Waals surface area contributed by atoms with Crippen LogP contribution in [0, 0.1) is 6.92 Å². The second-order valence-corrected chi connectivity index (χ2v) is 4.10. The predicted octanol–water partition coefficient (Wildman–Crippen LogP) is 1.11. The van der Waals surface area contributed by atoms with Gasteiger partial charge in [0.25, 0.3) is 0 Å². The fraction of sp³-hybridized carbons (Fsp3) is 0.636. The molecule has 0 saturated heterocycles. The van der Waals surface area contributed by atoms with Gasteiger partial charge in [0.15, 0.2) is 0 Å². The molecule has 0 amide bonds. The molecule has 0 unspecified atom stereocenters. The summed E-state index contributed by atoms with van der Waals surface area (Å²) in [6.07, 6.45) is 3.46. The second-order valence-electron chi connectivity index (χ2n) is 4.10. The highest BCUT2D eigenvalue weighted by Crippen LogP contribution is 2.04. The van der Waals surface area contributed by atoms with E-state index in [0.29, 0.717) is 6.04 Å². The first-order valence-electron chi connectivity index (χ1n) is 5.24. The summed E-state index contributed by atoms with van der Waals surface area (Å²) in [5.41, 5.74) is 0.981. The molecule has 0 spiro atoms. The van der Waals surface area contributed by atoms with Crippen LogP contribution in [0.4, 0.5) is 0 Å². The van der Waals surface area contributed by atoms with Crippen LogP contribution in [0.5, 0.6) is 0 Å². The molecule has 4 nitrogen and oxygen atoms in total. The van der Waals surface area contributed by atoms with Gasteiger partial charge in [0.05, 0.1) is 0 Å². The van der Waals surface area contributed by atoms with Gasteiger partial charge in [-0.3, -0.25) is 9.36 Å². The van der Waals surface area contributed by atoms with Crippen molar-refractivity contribution in [3.63, 3.8) is 0 Å². The van der Waals surface area contributed by atoms with E-state index in [4.69, 9.17) is 0 Å². The van der Waals surface area contributed by atoms with Crippen molar-refractivity contribution < 1.29 is 4.79 Å². The lowest BCUT2D eigenvalue weighted by Gasteiger charge is -2.20. The number of imidazole rings is 1. The summed E-state index contributed by atoms with van der Waals surface area (Å²) in [6.45, 7) is 7.09. The van der Waals surface area contributed by atoms with E-state index in [-0.39, 0.29) is 0 Å². The molecule has 0 aromatic carbocycles. The van der Waals surface area contributed by atoms with E-state index in [1.54, 1.807) is 10.8 Å². The largest absolute Gasteiger partial charge is 0.304 e. The topological polar surface area (TPSA) is 38.1 Å². The molecule has 1 rings (SSSR count). The van der Waals surface area contributed by atoms with E-state index in [2.05, 4.69) is 30.8 Å². The van der Waals surface area contributed by atoms with Crippen molar-refractivity contribution in [3.8, 4) is 0 Å². The average Bonchev–Trinajstić information content (AvgIpc) is 2.55. The molecule has 0 aliphatic carbocycles. The van der Waals surface area contributed by atoms with Gasteiger partial charge in [0, 0.05) is 30.9 Å². The number of carbonyl (C=O) groups excluding carboxylic acids is 1. The molecule has 1 aromatic heterocycles. The molecule has 0 saturated carbocycles. The monoisotopic (exact) mass is 209 g/mol. The molecule has 4 heteroatoms. The van der Waals surface area contributed by atoms with Gasteiger partial charge in [-0.25, -0.2) is 4.98 Å². The van der Waals surface area contributed by atoms with Gasteiger partial charge < -0.3 is 4.90 Å². The van der Waals surface area contributed by atoms with Crippen molar-refractivity contribution in [3.05, 3.63) is 17.7 Å². The third-order valence-corrected chi connectivity index (χ3v) is 2.77. The third kappa shape index (κ3) is 2.89. The van der Waals surface area contributed by atoms with Crippen molar-refractivity contribution in [2.75, 3.05) is 13.6 Å². The molecule has 0 N–H and O–H groups in total. The molecular formula is C11H19N3O. The van der Waals surface area contributed by atoms with Crippen molar-refractivity contribution in [2.24, 2.45) is 0 Å². The minimum Gasteiger partial charge on any atom is -0.304 e. The minimum absolute atomic E-state index is 0.527. The fourth-order valence-electron chi connectivity index (χ4n) is 1.38. The summed E-state index contributed by atoms with van der Waals surface area (Å²) < 4.78 is 1.61. The molecule has 0 aliphatic heterocycles. The van der Waals surface area contributed by atoms with Crippen LogP contribution in [0.25, 0.3) is 0 Å². The number of aromatic nitrogens is 2. The van der Waals surface area contributed by atoms with Crippen LogP contribution in [-0.4, -0.2) is 40.5 Å². The standard InChI is InChI=1S/C11H19N3O/c1-9(2)13(4)6-5-11-7-12-10(3)14(11)8-15/h7-9H,5-6H2,1-4H3. The van der Waals surface area contributed by atoms with Crippen molar-refractivity contribution in [2.45, 2.75) is 33.2 Å². The van der Waals surface area contributed by atoms with E-state index in [0.717, 1.165) is 30.9 Å². The van der Waals surface area contributed by atoms with Crippen LogP contribution in [0.1, 0.15) is 25.4 Å². The number of hydrogen-bond donors (Lipinski definition) is 0. The van der Waals surface area contributed by atoms with E-state index in [9.17, 15) is 4.79 Å². The van der Waals surface area contributed by atoms with Gasteiger partial charge in [-0.15, -0.1) is 0 Å². The van der Waals surface area contributed by atoms with Crippen LogP contribution < -0.4 is 0 Å². The minimum atomic E-state index is 0.527. The molecule has 15 heavy (non-hydrogen) atoms. The highest BCUT2D eigenvalue weighted by molar-refractivity contribution is 5.54. The molecule has 1 heterocycles. The predicted molar refractivity (Wildman–Crippen MR) is 60.6 cm³/mol. The maximum absolute atomic E-state index is 10.8. The van der Waals surface area contributed by atoms with Gasteiger partial charge in [-0.2, -0.15) is 0 Å². The van der Waals surface area contributed by atoms with Gasteiger partial charge >= 0.3 is 0 Å². The highest BCUT2D eigenvalue weighted by atomic mass is 16.1. The van der Waals surface area contributed by atoms with Crippen molar-refractivity contribution in [1.29, 1.82) is 0 Å². The van der Waals surface area contributed by atoms with E-state index in [1.807, 2.05) is 6.92 Å². The summed E-state index contributed by atoms with van der Waals surface area (Å²) in [5, 5.41) is 0. The Hall–Kier alpha value is -1.16. The number of carbonyl (C=O) groups is 1. The van der Waals surface area contributed by atoms with Gasteiger partial charge in [0.2, 0.25) is 6.41 Å². The summed E-state index contributed by atoms with van der Waals surface area (Å²) in [5.74, 6) is 0.757. The Morgan fingerprint density at radius 3 is 2.80 bits per heavy atom. The number of nitrogens with zero attached hydrogens (tertiary/aromatic N) is 3. The molecule has 0 radical (unpaired) electrons. The average molecular weight is 209 g/mol. The fourth-order valence-corrected chi connectivity index (χ4v) is 1.38. The first-order valence-corrected chi connectivity index (χ1v) is 5.24. The first-order chi connectivity index (χ1) is 7.06. The Balaban J connectivity index is 2.61. The van der Waals surface area contributed by atoms with E-state index < -0.39 is 0 Å². The van der Waals surface area contributed by atoms with Crippen molar-refractivity contribution >= 4 is 6.41 Å². The van der Waals surface area contributed by atoms with Gasteiger partial charge in [-0.1, -0.05) is 0 Å². The lowest BCUT2D eigenvalue weighted by molar-refractivity contribution is 0.276. The number of aryl methyl sites for hydroxylation is 1. The Kier molecular flexibility index (Phi) is 4.03. The zero-order valence-corrected chi connectivity index (χ0v) is 9.90. The SMILES string of the molecule is Cc1ncc(CCN(C)C(C)C)n1C=O. The second kappa shape index (κ2) is 5.07. The molecule has 0 aliphatic rings. The number of rotatable bonds is 5. The maximum atomic E-state index is 10.8. The van der Waals surface area contributed by atoms with E-state index >= 15 is 0 Å². The summed E-state index contributed by atoms with van der Waals surface area (Å²) in [6, 6.07) is 0.527. The Labute approximate surface area is 90.9 Å². The number of hydrogen-bond acceptors (Lipinski definition) is 3. The molecular weight excluding hydrogens is 190 g/mol. The quantitative estimate of drug-likeness (QED) is 0.682. The molecule has 0 bridgehead atoms. The summed E-state index contributed by atoms with van der Waals surface area (Å²) in [4.78, 5) is 17.2. The maximum Gasteiger partial charge on any atom is 0.219 e. The Bertz CT molecular complexity index is 331. The molecule has 84 valence electrons. The van der Waals surface area contributed by atoms with Crippen LogP contribution >= 0.6 is 0 Å². The lowest BCUT2D eigenvalue weighted by atomic mass is 10.2. The third-order valence-electron chi connectivity index (χ3n) is 2.77. The normalized spacial score (nSPS) is 11.3. The Morgan fingerprint density at radius 2 is 2.27 bits per heavy atom. The summed E-state index contributed by atoms with van der Waals surface area (Å²) in [7, 11) is 2.08. The van der Waals surface area contributed by atoms with Crippen LogP contribution in [0.15, 0.2) is 6.20 Å². The van der Waals surface area contributed by atoms with E-state index in [1.165, 1.54) is 0 Å². The molecule has 0 atom stereocenters. The summed E-state index contributed by atoms with van der Waals surface area (Å²) >= 11 is 0. The Morgan fingerprint density at radius 1 is 1.60 bits per heavy atom. The zero-order chi connectivity index (χ0) is 11.4. The molecule has 1 aromatic rings. The van der Waals surface area contributed by atoms with Gasteiger partial charge in [-0.05, 0) is 27.8 Å². The lowest BCUT2D eigenvalue weighted by Crippen LogP contribution is -2.28. The number of likely N-dealkylation sites (N-methyl/N-ethyl adjacent to an activating group) is 1. The van der Waals surface area contributed by atoms with Crippen LogP contribution in [-0.2, 0) is 11.2 Å². The van der Waals surface area contributed by atoms with Crippen LogP contribution in [0.3, 0.4) is 0 Å². The van der Waals surface area contributed by atoms with Gasteiger partial charge in [0.1, 0.15) is 5.82 Å². The molecule has 0 fully saturated rings. The van der Waals surface area contributed by atoms with Crippen molar-refractivity contribution in [1.82, 2.24) is 14.5 Å². The highest BCUT2D eigenvalue weighted by Gasteiger charge is 2.08. The van der Waals surface area contributed by atoms with Crippen LogP contribution in [0.2, 0.25) is 0 Å². The first kappa shape index (κ1) is 11.9. The zero-order valence-electron chi connectivity index (χ0n) is 9.90.